The van der Waals surface area contributed by atoms with Gasteiger partial charge in [0.05, 0.1) is 5.75 Å². The van der Waals surface area contributed by atoms with Gasteiger partial charge in [0.2, 0.25) is 11.1 Å². The number of para-hydroxylation sites is 1. The Balaban J connectivity index is 1.60. The minimum absolute atomic E-state index is 0.0487. The standard InChI is InChI=1S/C18H21N5O3S/c1-10(2)16-21-18(23-22-16)27-9-15(24)20-14(17(25)26)7-11-8-19-13-6-4-3-5-12(11)13/h3-6,8,10,14,19H,7,9H2,1-2H3,(H,20,24)(H,25,26)(H,21,22,23)/t14-/m1/s1. The van der Waals surface area contributed by atoms with E-state index in [1.165, 1.54) is 11.8 Å². The lowest BCUT2D eigenvalue weighted by Gasteiger charge is -2.13. The molecule has 0 radical (unpaired) electrons. The molecule has 1 amide bonds. The molecule has 0 aliphatic carbocycles. The van der Waals surface area contributed by atoms with Gasteiger partial charge in [-0.3, -0.25) is 9.89 Å². The molecule has 1 aromatic carbocycles. The van der Waals surface area contributed by atoms with Gasteiger partial charge in [0.1, 0.15) is 11.9 Å². The second kappa shape index (κ2) is 8.26. The molecule has 9 heteroatoms. The number of aromatic nitrogens is 4. The molecule has 142 valence electrons. The van der Waals surface area contributed by atoms with Crippen molar-refractivity contribution >= 4 is 34.5 Å². The number of nitrogens with one attached hydrogen (secondary N) is 3. The van der Waals surface area contributed by atoms with Gasteiger partial charge in [-0.25, -0.2) is 9.78 Å². The van der Waals surface area contributed by atoms with Crippen LogP contribution in [-0.2, 0) is 16.0 Å². The molecule has 0 bridgehead atoms. The summed E-state index contributed by atoms with van der Waals surface area (Å²) in [5.41, 5.74) is 1.78. The predicted molar refractivity (Wildman–Crippen MR) is 103 cm³/mol. The second-order valence-electron chi connectivity index (χ2n) is 6.47. The fourth-order valence-electron chi connectivity index (χ4n) is 2.67. The van der Waals surface area contributed by atoms with Crippen molar-refractivity contribution in [3.8, 4) is 0 Å². The van der Waals surface area contributed by atoms with E-state index in [1.807, 2.05) is 38.1 Å². The zero-order valence-electron chi connectivity index (χ0n) is 15.0. The fourth-order valence-corrected chi connectivity index (χ4v) is 3.28. The number of rotatable bonds is 8. The first kappa shape index (κ1) is 19.0. The van der Waals surface area contributed by atoms with Crippen molar-refractivity contribution in [1.29, 1.82) is 0 Å². The van der Waals surface area contributed by atoms with E-state index in [9.17, 15) is 14.7 Å². The summed E-state index contributed by atoms with van der Waals surface area (Å²) in [6, 6.07) is 6.65. The van der Waals surface area contributed by atoms with Crippen LogP contribution in [0.25, 0.3) is 10.9 Å². The lowest BCUT2D eigenvalue weighted by atomic mass is 10.1. The van der Waals surface area contributed by atoms with Crippen molar-refractivity contribution in [2.45, 2.75) is 37.4 Å². The molecule has 0 saturated carbocycles. The summed E-state index contributed by atoms with van der Waals surface area (Å²) in [6.07, 6.45) is 1.98. The summed E-state index contributed by atoms with van der Waals surface area (Å²) in [4.78, 5) is 31.2. The highest BCUT2D eigenvalue weighted by atomic mass is 32.2. The smallest absolute Gasteiger partial charge is 0.326 e. The van der Waals surface area contributed by atoms with E-state index in [0.717, 1.165) is 22.3 Å². The molecular weight excluding hydrogens is 366 g/mol. The Kier molecular flexibility index (Phi) is 5.80. The van der Waals surface area contributed by atoms with Gasteiger partial charge in [-0.2, -0.15) is 0 Å². The first-order valence-corrected chi connectivity index (χ1v) is 9.55. The number of carboxylic acids is 1. The fraction of sp³-hybridized carbons (Fsp3) is 0.333. The number of fused-ring (bicyclic) bond motifs is 1. The third kappa shape index (κ3) is 4.68. The normalized spacial score (nSPS) is 12.4. The molecule has 3 aromatic rings. The minimum Gasteiger partial charge on any atom is -0.480 e. The number of H-pyrrole nitrogens is 2. The Morgan fingerprint density at radius 1 is 1.30 bits per heavy atom. The van der Waals surface area contributed by atoms with E-state index in [1.54, 1.807) is 6.20 Å². The van der Waals surface area contributed by atoms with Crippen LogP contribution >= 0.6 is 11.8 Å². The van der Waals surface area contributed by atoms with Crippen LogP contribution in [0.15, 0.2) is 35.6 Å². The average Bonchev–Trinajstić information content (AvgIpc) is 3.27. The Hall–Kier alpha value is -2.81. The molecule has 0 aliphatic rings. The van der Waals surface area contributed by atoms with Gasteiger partial charge >= 0.3 is 5.97 Å². The lowest BCUT2D eigenvalue weighted by Crippen LogP contribution is -2.43. The summed E-state index contributed by atoms with van der Waals surface area (Å²) in [6.45, 7) is 3.98. The second-order valence-corrected chi connectivity index (χ2v) is 7.41. The van der Waals surface area contributed by atoms with Crippen LogP contribution in [0.1, 0.15) is 31.2 Å². The number of carboxylic acid groups (broad SMARTS) is 1. The van der Waals surface area contributed by atoms with Crippen LogP contribution < -0.4 is 5.32 Å². The number of benzene rings is 1. The van der Waals surface area contributed by atoms with Crippen LogP contribution in [0.3, 0.4) is 0 Å². The molecule has 0 unspecified atom stereocenters. The van der Waals surface area contributed by atoms with Crippen LogP contribution in [0.5, 0.6) is 0 Å². The van der Waals surface area contributed by atoms with Crippen LogP contribution in [0, 0.1) is 0 Å². The average molecular weight is 387 g/mol. The molecule has 0 saturated heterocycles. The van der Waals surface area contributed by atoms with Crippen molar-refractivity contribution in [3.05, 3.63) is 41.9 Å². The summed E-state index contributed by atoms with van der Waals surface area (Å²) < 4.78 is 0. The van der Waals surface area contributed by atoms with Crippen molar-refractivity contribution in [2.75, 3.05) is 5.75 Å². The van der Waals surface area contributed by atoms with Crippen LogP contribution in [0.4, 0.5) is 0 Å². The molecule has 2 heterocycles. The number of nitrogens with zero attached hydrogens (tertiary/aromatic N) is 2. The predicted octanol–water partition coefficient (Wildman–Crippen LogP) is 2.31. The highest BCUT2D eigenvalue weighted by Gasteiger charge is 2.22. The van der Waals surface area contributed by atoms with Gasteiger partial charge in [0.15, 0.2) is 0 Å². The van der Waals surface area contributed by atoms with E-state index in [2.05, 4.69) is 25.5 Å². The summed E-state index contributed by atoms with van der Waals surface area (Å²) in [5.74, 6) is -0.428. The maximum absolute atomic E-state index is 12.2. The zero-order chi connectivity index (χ0) is 19.4. The highest BCUT2D eigenvalue weighted by molar-refractivity contribution is 7.99. The molecule has 0 aliphatic heterocycles. The van der Waals surface area contributed by atoms with E-state index >= 15 is 0 Å². The van der Waals surface area contributed by atoms with Crippen molar-refractivity contribution in [1.82, 2.24) is 25.5 Å². The minimum atomic E-state index is -1.07. The van der Waals surface area contributed by atoms with Gasteiger partial charge in [0, 0.05) is 29.4 Å². The van der Waals surface area contributed by atoms with Gasteiger partial charge in [-0.1, -0.05) is 43.8 Å². The molecule has 0 spiro atoms. The number of hydrogen-bond acceptors (Lipinski definition) is 5. The van der Waals surface area contributed by atoms with E-state index in [0.29, 0.717) is 5.16 Å². The summed E-state index contributed by atoms with van der Waals surface area (Å²) >= 11 is 1.17. The van der Waals surface area contributed by atoms with E-state index in [-0.39, 0.29) is 24.0 Å². The first-order chi connectivity index (χ1) is 12.9. The number of carbonyl (C=O) groups excluding carboxylic acids is 1. The summed E-state index contributed by atoms with van der Waals surface area (Å²) in [5, 5.41) is 20.4. The molecule has 1 atom stereocenters. The lowest BCUT2D eigenvalue weighted by molar-refractivity contribution is -0.141. The number of thioether (sulfide) groups is 1. The maximum atomic E-state index is 12.2. The SMILES string of the molecule is CC(C)c1nc(SCC(=O)N[C@H](Cc2c[nH]c3ccccc23)C(=O)O)n[nH]1. The molecule has 4 N–H and O–H groups in total. The number of aromatic amines is 2. The molecule has 8 nitrogen and oxygen atoms in total. The monoisotopic (exact) mass is 387 g/mol. The van der Waals surface area contributed by atoms with E-state index < -0.39 is 12.0 Å². The Morgan fingerprint density at radius 3 is 2.78 bits per heavy atom. The molecule has 3 rings (SSSR count). The van der Waals surface area contributed by atoms with Crippen molar-refractivity contribution in [2.24, 2.45) is 0 Å². The van der Waals surface area contributed by atoms with Crippen molar-refractivity contribution in [3.63, 3.8) is 0 Å². The number of carbonyl (C=O) groups is 2. The zero-order valence-corrected chi connectivity index (χ0v) is 15.8. The molecule has 2 aromatic heterocycles. The highest BCUT2D eigenvalue weighted by Crippen LogP contribution is 2.19. The van der Waals surface area contributed by atoms with Gasteiger partial charge in [0.25, 0.3) is 0 Å². The van der Waals surface area contributed by atoms with Crippen LogP contribution in [0.2, 0.25) is 0 Å². The molecule has 27 heavy (non-hydrogen) atoms. The molecular formula is C18H21N5O3S. The van der Waals surface area contributed by atoms with Gasteiger partial charge in [-0.15, -0.1) is 5.10 Å². The molecule has 0 fully saturated rings. The summed E-state index contributed by atoms with van der Waals surface area (Å²) in [7, 11) is 0. The Labute approximate surface area is 160 Å². The Bertz CT molecular complexity index is 949. The van der Waals surface area contributed by atoms with E-state index in [4.69, 9.17) is 0 Å². The quantitative estimate of drug-likeness (QED) is 0.440. The van der Waals surface area contributed by atoms with Crippen molar-refractivity contribution < 1.29 is 14.7 Å². The topological polar surface area (TPSA) is 124 Å². The van der Waals surface area contributed by atoms with Gasteiger partial charge in [-0.05, 0) is 11.6 Å². The first-order valence-electron chi connectivity index (χ1n) is 8.56. The number of aliphatic carboxylic acids is 1. The largest absolute Gasteiger partial charge is 0.480 e. The third-order valence-corrected chi connectivity index (χ3v) is 4.94. The number of hydrogen-bond donors (Lipinski definition) is 4. The number of amides is 1. The third-order valence-electron chi connectivity index (χ3n) is 4.09. The maximum Gasteiger partial charge on any atom is 0.326 e. The Morgan fingerprint density at radius 2 is 2.07 bits per heavy atom. The van der Waals surface area contributed by atoms with Gasteiger partial charge < -0.3 is 15.4 Å². The van der Waals surface area contributed by atoms with Crippen LogP contribution in [-0.4, -0.2) is 48.9 Å².